The van der Waals surface area contributed by atoms with Crippen molar-refractivity contribution in [1.29, 1.82) is 0 Å². The molecule has 3 rings (SSSR count). The molecular weight excluding hydrogens is 377 g/mol. The van der Waals surface area contributed by atoms with Crippen molar-refractivity contribution in [1.82, 2.24) is 10.1 Å². The largest absolute Gasteiger partial charge is 0.493 e. The highest BCUT2D eigenvalue weighted by atomic mass is 19.1. The second-order valence-corrected chi connectivity index (χ2v) is 6.37. The third-order valence-corrected chi connectivity index (χ3v) is 4.61. The van der Waals surface area contributed by atoms with Crippen molar-refractivity contribution in [2.24, 2.45) is 0 Å². The van der Waals surface area contributed by atoms with Gasteiger partial charge >= 0.3 is 0 Å². The van der Waals surface area contributed by atoms with Crippen molar-refractivity contribution >= 4 is 5.69 Å². The van der Waals surface area contributed by atoms with Gasteiger partial charge < -0.3 is 23.6 Å². The highest BCUT2D eigenvalue weighted by molar-refractivity contribution is 5.66. The van der Waals surface area contributed by atoms with Crippen molar-refractivity contribution in [2.75, 3.05) is 32.8 Å². The summed E-state index contributed by atoms with van der Waals surface area (Å²) in [6, 6.07) is 8.52. The average molecular weight is 401 g/mol. The van der Waals surface area contributed by atoms with E-state index >= 15 is 0 Å². The average Bonchev–Trinajstić information content (AvgIpc) is 3.21. The SMILES string of the molecule is CCN(Cc1nc(-c2cc(OC)c(OC)c(OC)c2)no1)c1ccc(F)c(C)c1. The maximum atomic E-state index is 13.6. The second-order valence-electron chi connectivity index (χ2n) is 6.37. The predicted octanol–water partition coefficient (Wildman–Crippen LogP) is 4.24. The lowest BCUT2D eigenvalue weighted by Gasteiger charge is -2.21. The van der Waals surface area contributed by atoms with Gasteiger partial charge in [0, 0.05) is 17.8 Å². The first-order valence-electron chi connectivity index (χ1n) is 9.14. The van der Waals surface area contributed by atoms with Gasteiger partial charge in [-0.3, -0.25) is 0 Å². The van der Waals surface area contributed by atoms with E-state index in [9.17, 15) is 4.39 Å². The lowest BCUT2D eigenvalue weighted by Crippen LogP contribution is -2.22. The number of rotatable bonds is 8. The molecule has 0 fully saturated rings. The van der Waals surface area contributed by atoms with Crippen LogP contribution in [0.2, 0.25) is 0 Å². The first-order chi connectivity index (χ1) is 14.0. The maximum Gasteiger partial charge on any atom is 0.246 e. The Kier molecular flexibility index (Phi) is 6.21. The zero-order valence-electron chi connectivity index (χ0n) is 17.2. The molecule has 29 heavy (non-hydrogen) atoms. The summed E-state index contributed by atoms with van der Waals surface area (Å²) in [5.74, 6) is 2.12. The van der Waals surface area contributed by atoms with E-state index < -0.39 is 0 Å². The summed E-state index contributed by atoms with van der Waals surface area (Å²) in [6.45, 7) is 4.85. The number of methoxy groups -OCH3 is 3. The van der Waals surface area contributed by atoms with Gasteiger partial charge in [0.2, 0.25) is 17.5 Å². The minimum absolute atomic E-state index is 0.229. The number of ether oxygens (including phenoxy) is 3. The summed E-state index contributed by atoms with van der Waals surface area (Å²) in [5.41, 5.74) is 2.15. The molecular formula is C21H24FN3O4. The molecule has 0 saturated heterocycles. The molecule has 0 saturated carbocycles. The molecule has 8 heteroatoms. The molecule has 0 radical (unpaired) electrons. The number of benzene rings is 2. The van der Waals surface area contributed by atoms with Gasteiger partial charge in [0.15, 0.2) is 11.5 Å². The molecule has 0 spiro atoms. The maximum absolute atomic E-state index is 13.6. The Morgan fingerprint density at radius 1 is 1.03 bits per heavy atom. The van der Waals surface area contributed by atoms with Crippen molar-refractivity contribution in [3.05, 3.63) is 47.6 Å². The smallest absolute Gasteiger partial charge is 0.246 e. The van der Waals surface area contributed by atoms with E-state index in [1.54, 1.807) is 52.5 Å². The minimum Gasteiger partial charge on any atom is -0.493 e. The predicted molar refractivity (Wildman–Crippen MR) is 107 cm³/mol. The zero-order chi connectivity index (χ0) is 21.0. The van der Waals surface area contributed by atoms with Crippen LogP contribution in [0.5, 0.6) is 17.2 Å². The van der Waals surface area contributed by atoms with Gasteiger partial charge in [-0.25, -0.2) is 4.39 Å². The van der Waals surface area contributed by atoms with Crippen LogP contribution in [0, 0.1) is 12.7 Å². The fraction of sp³-hybridized carbons (Fsp3) is 0.333. The monoisotopic (exact) mass is 401 g/mol. The fourth-order valence-electron chi connectivity index (χ4n) is 3.02. The Hall–Kier alpha value is -3.29. The van der Waals surface area contributed by atoms with Crippen LogP contribution in [0.1, 0.15) is 18.4 Å². The molecule has 0 unspecified atom stereocenters. The van der Waals surface area contributed by atoms with Crippen LogP contribution < -0.4 is 19.1 Å². The number of aryl methyl sites for hydroxylation is 1. The normalized spacial score (nSPS) is 10.7. The van der Waals surface area contributed by atoms with Gasteiger partial charge in [-0.05, 0) is 49.7 Å². The van der Waals surface area contributed by atoms with Gasteiger partial charge in [0.05, 0.1) is 27.9 Å². The lowest BCUT2D eigenvalue weighted by molar-refractivity contribution is 0.324. The Balaban J connectivity index is 1.87. The topological polar surface area (TPSA) is 69.9 Å². The van der Waals surface area contributed by atoms with E-state index in [-0.39, 0.29) is 5.82 Å². The molecule has 0 amide bonds. The first kappa shape index (κ1) is 20.4. The number of nitrogens with zero attached hydrogens (tertiary/aromatic N) is 3. The zero-order valence-corrected chi connectivity index (χ0v) is 17.2. The van der Waals surface area contributed by atoms with Crippen molar-refractivity contribution in [2.45, 2.75) is 20.4 Å². The van der Waals surface area contributed by atoms with Crippen LogP contribution in [0.15, 0.2) is 34.9 Å². The number of halogens is 1. The van der Waals surface area contributed by atoms with E-state index in [4.69, 9.17) is 18.7 Å². The van der Waals surface area contributed by atoms with Gasteiger partial charge in [0.1, 0.15) is 5.82 Å². The van der Waals surface area contributed by atoms with E-state index in [0.29, 0.717) is 53.2 Å². The van der Waals surface area contributed by atoms with Crippen molar-refractivity contribution in [3.63, 3.8) is 0 Å². The Labute approximate surface area is 169 Å². The van der Waals surface area contributed by atoms with Gasteiger partial charge in [-0.2, -0.15) is 4.98 Å². The summed E-state index contributed by atoms with van der Waals surface area (Å²) in [6.07, 6.45) is 0. The molecule has 3 aromatic rings. The van der Waals surface area contributed by atoms with E-state index in [1.165, 1.54) is 6.07 Å². The van der Waals surface area contributed by atoms with Crippen LogP contribution in [0.25, 0.3) is 11.4 Å². The van der Waals surface area contributed by atoms with Crippen LogP contribution in [0.4, 0.5) is 10.1 Å². The molecule has 7 nitrogen and oxygen atoms in total. The summed E-state index contributed by atoms with van der Waals surface area (Å²) < 4.78 is 35.1. The van der Waals surface area contributed by atoms with E-state index in [2.05, 4.69) is 10.1 Å². The molecule has 1 heterocycles. The Bertz CT molecular complexity index is 965. The Morgan fingerprint density at radius 2 is 1.72 bits per heavy atom. The highest BCUT2D eigenvalue weighted by Crippen LogP contribution is 2.40. The quantitative estimate of drug-likeness (QED) is 0.559. The minimum atomic E-state index is -0.229. The second kappa shape index (κ2) is 8.81. The number of aromatic nitrogens is 2. The standard InChI is InChI=1S/C21H24FN3O4/c1-6-25(15-7-8-16(22)13(2)9-15)12-19-23-21(24-29-19)14-10-17(26-3)20(28-5)18(11-14)27-4/h7-11H,6,12H2,1-5H3. The Morgan fingerprint density at radius 3 is 2.28 bits per heavy atom. The molecule has 154 valence electrons. The summed E-state index contributed by atoms with van der Waals surface area (Å²) >= 11 is 0. The van der Waals surface area contributed by atoms with Gasteiger partial charge in [0.25, 0.3) is 0 Å². The third kappa shape index (κ3) is 4.26. The van der Waals surface area contributed by atoms with E-state index in [1.807, 2.05) is 11.8 Å². The molecule has 0 aliphatic rings. The summed E-state index contributed by atoms with van der Waals surface area (Å²) in [5, 5.41) is 4.08. The first-order valence-corrected chi connectivity index (χ1v) is 9.14. The molecule has 0 atom stereocenters. The van der Waals surface area contributed by atoms with Crippen LogP contribution >= 0.6 is 0 Å². The number of anilines is 1. The van der Waals surface area contributed by atoms with Gasteiger partial charge in [-0.1, -0.05) is 5.16 Å². The van der Waals surface area contributed by atoms with Gasteiger partial charge in [-0.15, -0.1) is 0 Å². The lowest BCUT2D eigenvalue weighted by atomic mass is 10.1. The fourth-order valence-corrected chi connectivity index (χ4v) is 3.02. The summed E-state index contributed by atoms with van der Waals surface area (Å²) in [7, 11) is 4.64. The van der Waals surface area contributed by atoms with Crippen molar-refractivity contribution < 1.29 is 23.1 Å². The number of hydrogen-bond acceptors (Lipinski definition) is 7. The van der Waals surface area contributed by atoms with Crippen LogP contribution in [-0.4, -0.2) is 38.0 Å². The van der Waals surface area contributed by atoms with E-state index in [0.717, 1.165) is 5.69 Å². The molecule has 0 aliphatic heterocycles. The molecule has 2 aromatic carbocycles. The molecule has 0 aliphatic carbocycles. The third-order valence-electron chi connectivity index (χ3n) is 4.61. The summed E-state index contributed by atoms with van der Waals surface area (Å²) in [4.78, 5) is 6.52. The molecule has 1 aromatic heterocycles. The number of hydrogen-bond donors (Lipinski definition) is 0. The van der Waals surface area contributed by atoms with Crippen molar-refractivity contribution in [3.8, 4) is 28.6 Å². The van der Waals surface area contributed by atoms with Crippen LogP contribution in [0.3, 0.4) is 0 Å². The molecule has 0 bridgehead atoms. The van der Waals surface area contributed by atoms with Crippen LogP contribution in [-0.2, 0) is 6.54 Å². The molecule has 0 N–H and O–H groups in total. The highest BCUT2D eigenvalue weighted by Gasteiger charge is 2.18.